The van der Waals surface area contributed by atoms with E-state index in [1.807, 2.05) is 13.0 Å². The molecular weight excluding hydrogens is 196 g/mol. The second-order valence-electron chi connectivity index (χ2n) is 5.44. The van der Waals surface area contributed by atoms with Crippen molar-refractivity contribution in [2.45, 2.75) is 46.0 Å². The molecule has 0 bridgehead atoms. The van der Waals surface area contributed by atoms with Crippen molar-refractivity contribution >= 4 is 5.78 Å². The Balaban J connectivity index is 2.29. The Kier molecular flexibility index (Phi) is 3.32. The number of ketones is 1. The average Bonchev–Trinajstić information content (AvgIpc) is 2.67. The predicted octanol–water partition coefficient (Wildman–Crippen LogP) is 3.90. The van der Waals surface area contributed by atoms with Gasteiger partial charge < -0.3 is 0 Å². The third-order valence-corrected chi connectivity index (χ3v) is 4.39. The summed E-state index contributed by atoms with van der Waals surface area (Å²) in [5.41, 5.74) is 0.296. The van der Waals surface area contributed by atoms with E-state index in [9.17, 15) is 4.79 Å². The Morgan fingerprint density at radius 3 is 2.69 bits per heavy atom. The summed E-state index contributed by atoms with van der Waals surface area (Å²) in [6.45, 7) is 4.13. The predicted molar refractivity (Wildman–Crippen MR) is 67.1 cm³/mol. The molecule has 0 aromatic heterocycles. The van der Waals surface area contributed by atoms with Crippen LogP contribution in [0.5, 0.6) is 0 Å². The van der Waals surface area contributed by atoms with Crippen LogP contribution in [0.2, 0.25) is 0 Å². The summed E-state index contributed by atoms with van der Waals surface area (Å²) in [5, 5.41) is 0. The zero-order valence-electron chi connectivity index (χ0n) is 10.4. The van der Waals surface area contributed by atoms with E-state index < -0.39 is 0 Å². The Morgan fingerprint density at radius 2 is 2.06 bits per heavy atom. The number of carbonyl (C=O) groups excluding carboxylic acids is 1. The first-order chi connectivity index (χ1) is 7.69. The Labute approximate surface area is 98.6 Å². The molecule has 1 fully saturated rings. The smallest absolute Gasteiger partial charge is 0.159 e. The van der Waals surface area contributed by atoms with Crippen LogP contribution in [0.3, 0.4) is 0 Å². The highest BCUT2D eigenvalue weighted by Crippen LogP contribution is 2.52. The van der Waals surface area contributed by atoms with Crippen LogP contribution in [-0.4, -0.2) is 5.78 Å². The van der Waals surface area contributed by atoms with E-state index in [0.717, 1.165) is 6.42 Å². The van der Waals surface area contributed by atoms with Gasteiger partial charge >= 0.3 is 0 Å². The monoisotopic (exact) mass is 218 g/mol. The minimum absolute atomic E-state index is 0.233. The summed E-state index contributed by atoms with van der Waals surface area (Å²) in [5.74, 6) is 0.994. The van der Waals surface area contributed by atoms with E-state index in [1.165, 1.54) is 25.7 Å². The van der Waals surface area contributed by atoms with Crippen molar-refractivity contribution in [1.82, 2.24) is 0 Å². The standard InChI is InChI=1S/C15H22O/c1-3-7-13(16)14-12(2)8-6-11-15(14)9-4-5-10-15/h3,6-8,12,14H,4-5,9-11H2,1-2H3/b7-3+/t12-,14-/m1/s1. The lowest BCUT2D eigenvalue weighted by molar-refractivity contribution is -0.124. The Morgan fingerprint density at radius 1 is 1.38 bits per heavy atom. The molecule has 0 heterocycles. The molecule has 0 radical (unpaired) electrons. The van der Waals surface area contributed by atoms with Crippen molar-refractivity contribution in [3.05, 3.63) is 24.3 Å². The van der Waals surface area contributed by atoms with Gasteiger partial charge in [-0.2, -0.15) is 0 Å². The van der Waals surface area contributed by atoms with Crippen LogP contribution in [0, 0.1) is 17.3 Å². The third-order valence-electron chi connectivity index (χ3n) is 4.39. The molecule has 2 aliphatic carbocycles. The zero-order valence-corrected chi connectivity index (χ0v) is 10.4. The number of hydrogen-bond acceptors (Lipinski definition) is 1. The molecule has 2 aliphatic rings. The Hall–Kier alpha value is -0.850. The molecule has 1 saturated carbocycles. The lowest BCUT2D eigenvalue weighted by Crippen LogP contribution is -2.38. The first-order valence-electron chi connectivity index (χ1n) is 6.53. The molecule has 1 nitrogen and oxygen atoms in total. The highest BCUT2D eigenvalue weighted by Gasteiger charge is 2.46. The number of rotatable bonds is 2. The molecule has 0 saturated heterocycles. The van der Waals surface area contributed by atoms with Gasteiger partial charge in [-0.05, 0) is 43.6 Å². The summed E-state index contributed by atoms with van der Waals surface area (Å²) in [4.78, 5) is 12.2. The van der Waals surface area contributed by atoms with Crippen LogP contribution in [0.15, 0.2) is 24.3 Å². The largest absolute Gasteiger partial charge is 0.295 e. The van der Waals surface area contributed by atoms with Gasteiger partial charge in [0.25, 0.3) is 0 Å². The van der Waals surface area contributed by atoms with Gasteiger partial charge in [0.1, 0.15) is 0 Å². The van der Waals surface area contributed by atoms with E-state index in [4.69, 9.17) is 0 Å². The van der Waals surface area contributed by atoms with Crippen LogP contribution < -0.4 is 0 Å². The quantitative estimate of drug-likeness (QED) is 0.507. The van der Waals surface area contributed by atoms with Gasteiger partial charge in [-0.3, -0.25) is 4.79 Å². The molecule has 0 amide bonds. The fourth-order valence-electron chi connectivity index (χ4n) is 3.74. The maximum atomic E-state index is 12.2. The number of allylic oxidation sites excluding steroid dienone is 4. The van der Waals surface area contributed by atoms with Crippen LogP contribution in [-0.2, 0) is 4.79 Å². The normalized spacial score (nSPS) is 32.6. The summed E-state index contributed by atoms with van der Waals surface area (Å²) < 4.78 is 0. The molecular formula is C15H22O. The van der Waals surface area contributed by atoms with Crippen LogP contribution in [0.25, 0.3) is 0 Å². The zero-order chi connectivity index (χ0) is 11.6. The molecule has 1 spiro atoms. The Bertz CT molecular complexity index is 318. The van der Waals surface area contributed by atoms with Crippen molar-refractivity contribution in [2.24, 2.45) is 17.3 Å². The molecule has 1 heteroatoms. The highest BCUT2D eigenvalue weighted by atomic mass is 16.1. The van der Waals surface area contributed by atoms with Crippen molar-refractivity contribution in [2.75, 3.05) is 0 Å². The molecule has 0 unspecified atom stereocenters. The van der Waals surface area contributed by atoms with Gasteiger partial charge in [0, 0.05) is 5.92 Å². The molecule has 88 valence electrons. The van der Waals surface area contributed by atoms with Crippen molar-refractivity contribution < 1.29 is 4.79 Å². The number of carbonyl (C=O) groups is 1. The molecule has 0 aromatic rings. The minimum Gasteiger partial charge on any atom is -0.295 e. The maximum absolute atomic E-state index is 12.2. The van der Waals surface area contributed by atoms with E-state index in [2.05, 4.69) is 19.1 Å². The average molecular weight is 218 g/mol. The molecule has 0 aromatic carbocycles. The van der Waals surface area contributed by atoms with Crippen LogP contribution in [0.1, 0.15) is 46.0 Å². The van der Waals surface area contributed by atoms with Crippen LogP contribution >= 0.6 is 0 Å². The summed E-state index contributed by atoms with van der Waals surface area (Å²) >= 11 is 0. The third kappa shape index (κ3) is 1.88. The van der Waals surface area contributed by atoms with E-state index in [1.54, 1.807) is 6.08 Å². The van der Waals surface area contributed by atoms with E-state index in [-0.39, 0.29) is 5.92 Å². The first-order valence-corrected chi connectivity index (χ1v) is 6.53. The lowest BCUT2D eigenvalue weighted by atomic mass is 9.62. The van der Waals surface area contributed by atoms with Crippen LogP contribution in [0.4, 0.5) is 0 Å². The fraction of sp³-hybridized carbons (Fsp3) is 0.667. The molecule has 0 N–H and O–H groups in total. The molecule has 2 rings (SSSR count). The van der Waals surface area contributed by atoms with Crippen molar-refractivity contribution in [3.8, 4) is 0 Å². The summed E-state index contributed by atoms with van der Waals surface area (Å²) in [6, 6.07) is 0. The summed E-state index contributed by atoms with van der Waals surface area (Å²) in [6.07, 6.45) is 14.4. The molecule has 0 aliphatic heterocycles. The SMILES string of the molecule is C/C=C/C(=O)[C@H]1[C@H](C)C=CCC12CCCC2. The second kappa shape index (κ2) is 4.57. The fourth-order valence-corrected chi connectivity index (χ4v) is 3.74. The molecule has 2 atom stereocenters. The highest BCUT2D eigenvalue weighted by molar-refractivity contribution is 5.92. The van der Waals surface area contributed by atoms with E-state index >= 15 is 0 Å². The van der Waals surface area contributed by atoms with Gasteiger partial charge in [-0.1, -0.05) is 38.0 Å². The second-order valence-corrected chi connectivity index (χ2v) is 5.44. The van der Waals surface area contributed by atoms with Crippen molar-refractivity contribution in [3.63, 3.8) is 0 Å². The summed E-state index contributed by atoms with van der Waals surface area (Å²) in [7, 11) is 0. The lowest BCUT2D eigenvalue weighted by Gasteiger charge is -2.41. The number of hydrogen-bond donors (Lipinski definition) is 0. The van der Waals surface area contributed by atoms with Gasteiger partial charge in [0.2, 0.25) is 0 Å². The van der Waals surface area contributed by atoms with Gasteiger partial charge in [-0.25, -0.2) is 0 Å². The van der Waals surface area contributed by atoms with E-state index in [0.29, 0.717) is 17.1 Å². The van der Waals surface area contributed by atoms with Gasteiger partial charge in [0.15, 0.2) is 5.78 Å². The van der Waals surface area contributed by atoms with Crippen molar-refractivity contribution in [1.29, 1.82) is 0 Å². The first kappa shape index (κ1) is 11.6. The van der Waals surface area contributed by atoms with Gasteiger partial charge in [-0.15, -0.1) is 0 Å². The topological polar surface area (TPSA) is 17.1 Å². The minimum atomic E-state index is 0.233. The van der Waals surface area contributed by atoms with Gasteiger partial charge in [0.05, 0.1) is 0 Å². The molecule has 16 heavy (non-hydrogen) atoms. The maximum Gasteiger partial charge on any atom is 0.159 e.